The number of amides is 2. The molecule has 0 unspecified atom stereocenters. The van der Waals surface area contributed by atoms with Crippen LogP contribution in [0.3, 0.4) is 0 Å². The molecule has 10 heteroatoms. The van der Waals surface area contributed by atoms with Crippen LogP contribution in [0.2, 0.25) is 5.28 Å². The van der Waals surface area contributed by atoms with Crippen LogP contribution in [0.25, 0.3) is 0 Å². The third-order valence-electron chi connectivity index (χ3n) is 5.43. The van der Waals surface area contributed by atoms with Crippen LogP contribution in [0.1, 0.15) is 20.7 Å². The van der Waals surface area contributed by atoms with Gasteiger partial charge in [0.1, 0.15) is 0 Å². The Kier molecular flexibility index (Phi) is 7.71. The van der Waals surface area contributed by atoms with Crippen molar-refractivity contribution in [3.63, 3.8) is 0 Å². The highest BCUT2D eigenvalue weighted by molar-refractivity contribution is 6.28. The van der Waals surface area contributed by atoms with Crippen molar-refractivity contribution in [3.05, 3.63) is 126 Å². The van der Waals surface area contributed by atoms with Gasteiger partial charge in [0.05, 0.1) is 0 Å². The van der Waals surface area contributed by atoms with E-state index in [-0.39, 0.29) is 29.0 Å². The first kappa shape index (κ1) is 25.4. The van der Waals surface area contributed by atoms with Crippen molar-refractivity contribution < 1.29 is 9.59 Å². The van der Waals surface area contributed by atoms with Crippen LogP contribution in [0.15, 0.2) is 109 Å². The SMILES string of the molecule is O=C(Nc1cccc(Nc2nc(Cl)nc(Nc3cccc(NC(=O)c4ccccc4)c3)n2)c1)c1ccccc1. The van der Waals surface area contributed by atoms with Crippen LogP contribution in [0, 0.1) is 0 Å². The van der Waals surface area contributed by atoms with E-state index in [1.807, 2.05) is 24.3 Å². The summed E-state index contributed by atoms with van der Waals surface area (Å²) in [5, 5.41) is 11.9. The molecule has 2 amide bonds. The van der Waals surface area contributed by atoms with Gasteiger partial charge in [0, 0.05) is 33.9 Å². The molecule has 0 atom stereocenters. The van der Waals surface area contributed by atoms with Gasteiger partial charge in [0.2, 0.25) is 17.2 Å². The van der Waals surface area contributed by atoms with Crippen molar-refractivity contribution in [1.29, 1.82) is 0 Å². The lowest BCUT2D eigenvalue weighted by Gasteiger charge is -2.11. The van der Waals surface area contributed by atoms with Crippen molar-refractivity contribution in [3.8, 4) is 0 Å². The number of nitrogens with zero attached hydrogens (tertiary/aromatic N) is 3. The fourth-order valence-electron chi connectivity index (χ4n) is 3.66. The number of anilines is 6. The maximum absolute atomic E-state index is 12.5. The van der Waals surface area contributed by atoms with Gasteiger partial charge in [-0.25, -0.2) is 0 Å². The molecule has 0 spiro atoms. The molecular weight excluding hydrogens is 514 g/mol. The Bertz CT molecular complexity index is 1500. The first-order valence-electron chi connectivity index (χ1n) is 11.9. The summed E-state index contributed by atoms with van der Waals surface area (Å²) >= 11 is 6.16. The van der Waals surface area contributed by atoms with Crippen LogP contribution >= 0.6 is 11.6 Å². The molecule has 0 aliphatic carbocycles. The van der Waals surface area contributed by atoms with Crippen LogP contribution < -0.4 is 21.3 Å². The van der Waals surface area contributed by atoms with Crippen LogP contribution in [-0.2, 0) is 0 Å². The number of aromatic nitrogens is 3. The van der Waals surface area contributed by atoms with E-state index < -0.39 is 0 Å². The van der Waals surface area contributed by atoms with Gasteiger partial charge >= 0.3 is 0 Å². The summed E-state index contributed by atoms with van der Waals surface area (Å²) in [4.78, 5) is 37.7. The van der Waals surface area contributed by atoms with Gasteiger partial charge in [-0.2, -0.15) is 15.0 Å². The van der Waals surface area contributed by atoms with Gasteiger partial charge in [-0.1, -0.05) is 48.5 Å². The number of nitrogens with one attached hydrogen (secondary N) is 4. The standard InChI is InChI=1S/C29H22ClN7O2/c30-27-35-28(33-23-15-7-13-21(17-23)31-25(38)19-9-3-1-4-10-19)37-29(36-27)34-24-16-8-14-22(18-24)32-26(39)20-11-5-2-6-12-20/h1-18H,(H,31,38)(H,32,39)(H2,33,34,35,36,37). The van der Waals surface area contributed by atoms with E-state index in [9.17, 15) is 9.59 Å². The molecule has 9 nitrogen and oxygen atoms in total. The predicted octanol–water partition coefficient (Wildman–Crippen LogP) is 6.52. The van der Waals surface area contributed by atoms with E-state index in [1.54, 1.807) is 84.9 Å². The average Bonchev–Trinajstić information content (AvgIpc) is 2.94. The Hall–Kier alpha value is -5.28. The minimum absolute atomic E-state index is 0.0166. The highest BCUT2D eigenvalue weighted by Crippen LogP contribution is 2.23. The van der Waals surface area contributed by atoms with Crippen LogP contribution in [0.5, 0.6) is 0 Å². The average molecular weight is 536 g/mol. The number of benzene rings is 4. The van der Waals surface area contributed by atoms with Gasteiger partial charge in [0.15, 0.2) is 0 Å². The third kappa shape index (κ3) is 6.94. The third-order valence-corrected chi connectivity index (χ3v) is 5.60. The lowest BCUT2D eigenvalue weighted by molar-refractivity contribution is 0.101. The van der Waals surface area contributed by atoms with E-state index in [2.05, 4.69) is 36.2 Å². The first-order chi connectivity index (χ1) is 19.0. The van der Waals surface area contributed by atoms with Crippen molar-refractivity contribution in [2.45, 2.75) is 0 Å². The largest absolute Gasteiger partial charge is 0.324 e. The number of hydrogen-bond donors (Lipinski definition) is 4. The molecule has 0 aliphatic heterocycles. The molecule has 0 aliphatic rings. The van der Waals surface area contributed by atoms with Crippen LogP contribution in [0.4, 0.5) is 34.6 Å². The Labute approximate surface area is 229 Å². The number of hydrogen-bond acceptors (Lipinski definition) is 7. The van der Waals surface area contributed by atoms with Crippen molar-refractivity contribution in [1.82, 2.24) is 15.0 Å². The number of carbonyl (C=O) groups excluding carboxylic acids is 2. The zero-order valence-corrected chi connectivity index (χ0v) is 21.2. The molecule has 5 rings (SSSR count). The van der Waals surface area contributed by atoms with E-state index in [1.165, 1.54) is 0 Å². The fraction of sp³-hybridized carbons (Fsp3) is 0. The second-order valence-electron chi connectivity index (χ2n) is 8.30. The van der Waals surface area contributed by atoms with Gasteiger partial charge in [0.25, 0.3) is 11.8 Å². The van der Waals surface area contributed by atoms with Gasteiger partial charge < -0.3 is 21.3 Å². The maximum Gasteiger partial charge on any atom is 0.255 e. The van der Waals surface area contributed by atoms with E-state index in [0.29, 0.717) is 33.9 Å². The summed E-state index contributed by atoms with van der Waals surface area (Å²) < 4.78 is 0. The number of rotatable bonds is 8. The molecule has 4 N–H and O–H groups in total. The zero-order valence-electron chi connectivity index (χ0n) is 20.4. The summed E-state index contributed by atoms with van der Waals surface area (Å²) in [6.07, 6.45) is 0. The highest BCUT2D eigenvalue weighted by Gasteiger charge is 2.10. The molecule has 192 valence electrons. The van der Waals surface area contributed by atoms with E-state index in [4.69, 9.17) is 11.6 Å². The summed E-state index contributed by atoms with van der Waals surface area (Å²) in [6, 6.07) is 32.2. The smallest absolute Gasteiger partial charge is 0.255 e. The number of carbonyl (C=O) groups is 2. The predicted molar refractivity (Wildman–Crippen MR) is 153 cm³/mol. The molecule has 39 heavy (non-hydrogen) atoms. The normalized spacial score (nSPS) is 10.4. The fourth-order valence-corrected chi connectivity index (χ4v) is 3.82. The molecule has 0 saturated carbocycles. The Balaban J connectivity index is 1.27. The zero-order chi connectivity index (χ0) is 27.0. The Morgan fingerprint density at radius 3 is 1.36 bits per heavy atom. The summed E-state index contributed by atoms with van der Waals surface area (Å²) in [5.41, 5.74) is 3.59. The van der Waals surface area contributed by atoms with Crippen LogP contribution in [-0.4, -0.2) is 26.8 Å². The monoisotopic (exact) mass is 535 g/mol. The lowest BCUT2D eigenvalue weighted by atomic mass is 10.2. The Morgan fingerprint density at radius 1 is 0.513 bits per heavy atom. The summed E-state index contributed by atoms with van der Waals surface area (Å²) in [7, 11) is 0. The summed E-state index contributed by atoms with van der Waals surface area (Å²) in [5.74, 6) is -0.0237. The molecule has 0 bridgehead atoms. The van der Waals surface area contributed by atoms with E-state index >= 15 is 0 Å². The highest BCUT2D eigenvalue weighted by atomic mass is 35.5. The quantitative estimate of drug-likeness (QED) is 0.178. The van der Waals surface area contributed by atoms with Gasteiger partial charge in [-0.05, 0) is 72.3 Å². The minimum Gasteiger partial charge on any atom is -0.324 e. The second-order valence-corrected chi connectivity index (χ2v) is 8.64. The topological polar surface area (TPSA) is 121 Å². The second kappa shape index (κ2) is 11.8. The lowest BCUT2D eigenvalue weighted by Crippen LogP contribution is -2.12. The Morgan fingerprint density at radius 2 is 0.923 bits per heavy atom. The van der Waals surface area contributed by atoms with Gasteiger partial charge in [-0.15, -0.1) is 0 Å². The first-order valence-corrected chi connectivity index (χ1v) is 12.3. The summed E-state index contributed by atoms with van der Waals surface area (Å²) in [6.45, 7) is 0. The van der Waals surface area contributed by atoms with Crippen molar-refractivity contribution in [2.75, 3.05) is 21.3 Å². The molecule has 5 aromatic rings. The molecular formula is C29H22ClN7O2. The number of halogens is 1. The molecule has 1 aromatic heterocycles. The maximum atomic E-state index is 12.5. The van der Waals surface area contributed by atoms with Crippen molar-refractivity contribution in [2.24, 2.45) is 0 Å². The molecule has 4 aromatic carbocycles. The van der Waals surface area contributed by atoms with E-state index in [0.717, 1.165) is 0 Å². The minimum atomic E-state index is -0.218. The van der Waals surface area contributed by atoms with Crippen molar-refractivity contribution >= 4 is 58.1 Å². The molecule has 0 saturated heterocycles. The van der Waals surface area contributed by atoms with Gasteiger partial charge in [-0.3, -0.25) is 9.59 Å². The molecule has 1 heterocycles. The molecule has 0 fully saturated rings. The molecule has 0 radical (unpaired) electrons.